The first-order chi connectivity index (χ1) is 11.8. The van der Waals surface area contributed by atoms with Crippen LogP contribution >= 0.6 is 11.6 Å². The summed E-state index contributed by atoms with van der Waals surface area (Å²) in [7, 11) is -3.89. The summed E-state index contributed by atoms with van der Waals surface area (Å²) in [6.07, 6.45) is 0.758. The second-order valence-corrected chi connectivity index (χ2v) is 7.98. The molecule has 0 aliphatic heterocycles. The molecule has 2 aromatic carbocycles. The van der Waals surface area contributed by atoms with Crippen LogP contribution in [0.5, 0.6) is 0 Å². The van der Waals surface area contributed by atoms with Gasteiger partial charge >= 0.3 is 0 Å². The number of nitrogens with zero attached hydrogens (tertiary/aromatic N) is 1. The Bertz CT molecular complexity index is 825. The van der Waals surface area contributed by atoms with Crippen LogP contribution in [0.1, 0.15) is 20.3 Å². The van der Waals surface area contributed by atoms with Gasteiger partial charge in [0.25, 0.3) is 10.0 Å². The number of halogens is 1. The predicted molar refractivity (Wildman–Crippen MR) is 100 cm³/mol. The van der Waals surface area contributed by atoms with E-state index in [1.165, 1.54) is 18.2 Å². The Morgan fingerprint density at radius 2 is 1.84 bits per heavy atom. The third-order valence-corrected chi connectivity index (χ3v) is 5.76. The van der Waals surface area contributed by atoms with Crippen LogP contribution in [-0.4, -0.2) is 26.9 Å². The van der Waals surface area contributed by atoms with Crippen LogP contribution in [0.2, 0.25) is 5.02 Å². The number of amides is 1. The molecular formula is C18H21ClN2O3S. The van der Waals surface area contributed by atoms with Gasteiger partial charge in [-0.3, -0.25) is 9.10 Å². The lowest BCUT2D eigenvalue weighted by molar-refractivity contribution is -0.120. The standard InChI is InChI=1S/C18H21ClN2O3S/c1-3-14(2)20-18(22)13-21(16-9-7-8-15(19)12-16)25(23,24)17-10-5-4-6-11-17/h4-12,14H,3,13H2,1-2H3,(H,20,22)/t14-/m1/s1. The van der Waals surface area contributed by atoms with Crippen LogP contribution < -0.4 is 9.62 Å². The lowest BCUT2D eigenvalue weighted by atomic mass is 10.2. The van der Waals surface area contributed by atoms with Gasteiger partial charge in [-0.05, 0) is 43.7 Å². The van der Waals surface area contributed by atoms with E-state index in [-0.39, 0.29) is 23.4 Å². The molecule has 0 unspecified atom stereocenters. The summed E-state index contributed by atoms with van der Waals surface area (Å²) in [6.45, 7) is 3.50. The van der Waals surface area contributed by atoms with Crippen LogP contribution in [0.25, 0.3) is 0 Å². The Morgan fingerprint density at radius 1 is 1.16 bits per heavy atom. The Labute approximate surface area is 153 Å². The molecule has 0 saturated carbocycles. The van der Waals surface area contributed by atoms with E-state index in [9.17, 15) is 13.2 Å². The first-order valence-corrected chi connectivity index (χ1v) is 9.79. The summed E-state index contributed by atoms with van der Waals surface area (Å²) in [5.74, 6) is -0.367. The molecule has 1 amide bonds. The van der Waals surface area contributed by atoms with E-state index in [1.807, 2.05) is 13.8 Å². The molecule has 0 radical (unpaired) electrons. The van der Waals surface area contributed by atoms with Crippen molar-refractivity contribution in [2.75, 3.05) is 10.8 Å². The maximum atomic E-state index is 13.0. The van der Waals surface area contributed by atoms with Crippen molar-refractivity contribution in [2.45, 2.75) is 31.2 Å². The van der Waals surface area contributed by atoms with Gasteiger partial charge in [-0.2, -0.15) is 0 Å². The van der Waals surface area contributed by atoms with E-state index in [2.05, 4.69) is 5.32 Å². The lowest BCUT2D eigenvalue weighted by Crippen LogP contribution is -2.43. The molecule has 25 heavy (non-hydrogen) atoms. The fourth-order valence-electron chi connectivity index (χ4n) is 2.22. The van der Waals surface area contributed by atoms with Crippen LogP contribution in [0.3, 0.4) is 0 Å². The van der Waals surface area contributed by atoms with E-state index in [0.29, 0.717) is 10.7 Å². The van der Waals surface area contributed by atoms with Gasteiger partial charge in [0.15, 0.2) is 0 Å². The molecule has 5 nitrogen and oxygen atoms in total. The molecule has 0 aliphatic carbocycles. The molecule has 7 heteroatoms. The molecule has 2 rings (SSSR count). The maximum absolute atomic E-state index is 13.0. The number of hydrogen-bond donors (Lipinski definition) is 1. The molecule has 0 spiro atoms. The SMILES string of the molecule is CC[C@@H](C)NC(=O)CN(c1cccc(Cl)c1)S(=O)(=O)c1ccccc1. The zero-order chi connectivity index (χ0) is 18.4. The summed E-state index contributed by atoms with van der Waals surface area (Å²) in [5, 5.41) is 3.19. The first-order valence-electron chi connectivity index (χ1n) is 7.97. The minimum absolute atomic E-state index is 0.0341. The summed E-state index contributed by atoms with van der Waals surface area (Å²) in [6, 6.07) is 14.4. The fraction of sp³-hybridized carbons (Fsp3) is 0.278. The third-order valence-electron chi connectivity index (χ3n) is 3.73. The molecule has 0 bridgehead atoms. The van der Waals surface area contributed by atoms with E-state index in [4.69, 9.17) is 11.6 Å². The number of sulfonamides is 1. The molecule has 1 atom stereocenters. The smallest absolute Gasteiger partial charge is 0.264 e. The monoisotopic (exact) mass is 380 g/mol. The minimum atomic E-state index is -3.89. The van der Waals surface area contributed by atoms with Crippen LogP contribution in [-0.2, 0) is 14.8 Å². The average Bonchev–Trinajstić information content (AvgIpc) is 2.60. The Hall–Kier alpha value is -2.05. The van der Waals surface area contributed by atoms with E-state index < -0.39 is 10.0 Å². The molecule has 0 fully saturated rings. The predicted octanol–water partition coefficient (Wildman–Crippen LogP) is 3.45. The van der Waals surface area contributed by atoms with Gasteiger partial charge in [-0.25, -0.2) is 8.42 Å². The summed E-state index contributed by atoms with van der Waals surface area (Å²) in [5.41, 5.74) is 0.343. The third kappa shape index (κ3) is 4.96. The number of carbonyl (C=O) groups excluding carboxylic acids is 1. The van der Waals surface area contributed by atoms with Crippen molar-refractivity contribution in [1.29, 1.82) is 0 Å². The fourth-order valence-corrected chi connectivity index (χ4v) is 3.84. The number of hydrogen-bond acceptors (Lipinski definition) is 3. The molecule has 2 aromatic rings. The van der Waals surface area contributed by atoms with Crippen molar-refractivity contribution in [2.24, 2.45) is 0 Å². The Kier molecular flexibility index (Phi) is 6.45. The molecular weight excluding hydrogens is 360 g/mol. The number of rotatable bonds is 7. The van der Waals surface area contributed by atoms with Crippen molar-refractivity contribution >= 4 is 33.2 Å². The van der Waals surface area contributed by atoms with Gasteiger partial charge in [0.05, 0.1) is 10.6 Å². The van der Waals surface area contributed by atoms with Gasteiger partial charge < -0.3 is 5.32 Å². The summed E-state index contributed by atoms with van der Waals surface area (Å²) in [4.78, 5) is 12.4. The van der Waals surface area contributed by atoms with Crippen molar-refractivity contribution in [1.82, 2.24) is 5.32 Å². The van der Waals surface area contributed by atoms with Gasteiger partial charge in [0.1, 0.15) is 6.54 Å². The number of nitrogens with one attached hydrogen (secondary N) is 1. The topological polar surface area (TPSA) is 66.5 Å². The van der Waals surface area contributed by atoms with Crippen molar-refractivity contribution in [3.05, 3.63) is 59.6 Å². The van der Waals surface area contributed by atoms with E-state index in [1.54, 1.807) is 36.4 Å². The molecule has 0 saturated heterocycles. The van der Waals surface area contributed by atoms with Gasteiger partial charge in [-0.15, -0.1) is 0 Å². The van der Waals surface area contributed by atoms with E-state index in [0.717, 1.165) is 10.7 Å². The Balaban J connectivity index is 2.41. The van der Waals surface area contributed by atoms with E-state index >= 15 is 0 Å². The van der Waals surface area contributed by atoms with Crippen LogP contribution in [0.4, 0.5) is 5.69 Å². The number of anilines is 1. The highest BCUT2D eigenvalue weighted by atomic mass is 35.5. The first kappa shape index (κ1) is 19.3. The Morgan fingerprint density at radius 3 is 2.44 bits per heavy atom. The second-order valence-electron chi connectivity index (χ2n) is 5.68. The van der Waals surface area contributed by atoms with Crippen molar-refractivity contribution in [3.8, 4) is 0 Å². The largest absolute Gasteiger partial charge is 0.352 e. The minimum Gasteiger partial charge on any atom is -0.352 e. The zero-order valence-electron chi connectivity index (χ0n) is 14.1. The number of carbonyl (C=O) groups is 1. The highest BCUT2D eigenvalue weighted by Gasteiger charge is 2.27. The molecule has 0 heterocycles. The van der Waals surface area contributed by atoms with Gasteiger partial charge in [0.2, 0.25) is 5.91 Å². The molecule has 0 aromatic heterocycles. The molecule has 1 N–H and O–H groups in total. The maximum Gasteiger partial charge on any atom is 0.264 e. The van der Waals surface area contributed by atoms with Crippen LogP contribution in [0, 0.1) is 0 Å². The van der Waals surface area contributed by atoms with Crippen molar-refractivity contribution < 1.29 is 13.2 Å². The highest BCUT2D eigenvalue weighted by Crippen LogP contribution is 2.25. The molecule has 134 valence electrons. The number of benzene rings is 2. The van der Waals surface area contributed by atoms with Crippen LogP contribution in [0.15, 0.2) is 59.5 Å². The summed E-state index contributed by atoms with van der Waals surface area (Å²) >= 11 is 6.01. The second kappa shape index (κ2) is 8.36. The lowest BCUT2D eigenvalue weighted by Gasteiger charge is -2.25. The van der Waals surface area contributed by atoms with Gasteiger partial charge in [-0.1, -0.05) is 42.8 Å². The quantitative estimate of drug-likeness (QED) is 0.800. The molecule has 0 aliphatic rings. The van der Waals surface area contributed by atoms with Crippen molar-refractivity contribution in [3.63, 3.8) is 0 Å². The zero-order valence-corrected chi connectivity index (χ0v) is 15.7. The van der Waals surface area contributed by atoms with Gasteiger partial charge in [0, 0.05) is 11.1 Å². The highest BCUT2D eigenvalue weighted by molar-refractivity contribution is 7.92. The average molecular weight is 381 g/mol. The summed E-state index contributed by atoms with van der Waals surface area (Å²) < 4.78 is 27.2. The normalized spacial score (nSPS) is 12.4.